The zero-order valence-corrected chi connectivity index (χ0v) is 10.8. The molecule has 3 N–H and O–H groups in total. The highest BCUT2D eigenvalue weighted by Crippen LogP contribution is 2.25. The fourth-order valence-corrected chi connectivity index (χ4v) is 2.07. The van der Waals surface area contributed by atoms with E-state index in [1.165, 1.54) is 0 Å². The molecule has 3 aromatic rings. The van der Waals surface area contributed by atoms with E-state index in [0.717, 1.165) is 16.6 Å². The second-order valence-corrected chi connectivity index (χ2v) is 4.30. The van der Waals surface area contributed by atoms with Crippen LogP contribution in [0, 0.1) is 18.4 Å². The number of nitrogens with zero attached hydrogens (tertiary/aromatic N) is 3. The Bertz CT molecular complexity index is 799. The molecule has 0 bridgehead atoms. The van der Waals surface area contributed by atoms with Gasteiger partial charge in [0.15, 0.2) is 6.19 Å². The molecule has 0 spiro atoms. The highest BCUT2D eigenvalue weighted by Gasteiger charge is 2.06. The van der Waals surface area contributed by atoms with Crippen LogP contribution in [0.25, 0.3) is 10.9 Å². The summed E-state index contributed by atoms with van der Waals surface area (Å²) in [6, 6.07) is 9.69. The minimum absolute atomic E-state index is 0.474. The predicted octanol–water partition coefficient (Wildman–Crippen LogP) is 2.90. The molecule has 6 heteroatoms. The number of aromatic nitrogens is 3. The average Bonchev–Trinajstić information content (AvgIpc) is 2.82. The van der Waals surface area contributed by atoms with Crippen LogP contribution in [0.3, 0.4) is 0 Å². The van der Waals surface area contributed by atoms with Crippen molar-refractivity contribution < 1.29 is 0 Å². The predicted molar refractivity (Wildman–Crippen MR) is 77.6 cm³/mol. The number of aryl methyl sites for hydroxylation is 1. The molecule has 20 heavy (non-hydrogen) atoms. The number of fused-ring (bicyclic) bond motifs is 1. The van der Waals surface area contributed by atoms with Crippen molar-refractivity contribution in [3.05, 3.63) is 42.4 Å². The minimum Gasteiger partial charge on any atom is -0.359 e. The van der Waals surface area contributed by atoms with Crippen LogP contribution in [-0.2, 0) is 0 Å². The molecule has 0 amide bonds. The summed E-state index contributed by atoms with van der Waals surface area (Å²) in [5.41, 5.74) is 1.98. The number of para-hydroxylation sites is 1. The second kappa shape index (κ2) is 4.90. The topological polar surface area (TPSA) is 89.4 Å². The van der Waals surface area contributed by atoms with Crippen molar-refractivity contribution in [3.8, 4) is 6.19 Å². The zero-order valence-electron chi connectivity index (χ0n) is 10.8. The van der Waals surface area contributed by atoms with Gasteiger partial charge in [0.1, 0.15) is 17.5 Å². The first-order chi connectivity index (χ1) is 9.76. The molecule has 0 aliphatic rings. The Morgan fingerprint density at radius 3 is 2.85 bits per heavy atom. The van der Waals surface area contributed by atoms with Crippen molar-refractivity contribution in [2.45, 2.75) is 6.92 Å². The maximum Gasteiger partial charge on any atom is 0.182 e. The third-order valence-corrected chi connectivity index (χ3v) is 2.87. The van der Waals surface area contributed by atoms with E-state index in [2.05, 4.69) is 25.6 Å². The van der Waals surface area contributed by atoms with Crippen molar-refractivity contribution in [1.29, 1.82) is 5.26 Å². The van der Waals surface area contributed by atoms with Crippen LogP contribution >= 0.6 is 0 Å². The van der Waals surface area contributed by atoms with Gasteiger partial charge in [0.05, 0.1) is 5.69 Å². The molecule has 0 atom stereocenters. The number of nitrogens with one attached hydrogen (secondary N) is 3. The summed E-state index contributed by atoms with van der Waals surface area (Å²) in [7, 11) is 0. The fraction of sp³-hybridized carbons (Fsp3) is 0.0714. The Balaban J connectivity index is 1.97. The van der Waals surface area contributed by atoms with Gasteiger partial charge in [-0.05, 0) is 13.0 Å². The van der Waals surface area contributed by atoms with Gasteiger partial charge in [-0.2, -0.15) is 5.26 Å². The summed E-state index contributed by atoms with van der Waals surface area (Å²) >= 11 is 0. The molecule has 0 saturated carbocycles. The Hall–Kier alpha value is -3.07. The summed E-state index contributed by atoms with van der Waals surface area (Å²) in [6.07, 6.45) is 3.74. The standard InChI is InChI=1S/C14H12N6/c1-9-18-13(17-8-15)6-14(19-9)20-12-7-16-11-5-3-2-4-10(11)12/h2-7,16H,1H3,(H2,17,18,19,20). The third-order valence-electron chi connectivity index (χ3n) is 2.87. The Morgan fingerprint density at radius 2 is 2.00 bits per heavy atom. The van der Waals surface area contributed by atoms with Crippen LogP contribution in [0.5, 0.6) is 0 Å². The maximum absolute atomic E-state index is 8.65. The monoisotopic (exact) mass is 264 g/mol. The van der Waals surface area contributed by atoms with Crippen molar-refractivity contribution in [3.63, 3.8) is 0 Å². The Kier molecular flexibility index (Phi) is 2.94. The molecule has 0 radical (unpaired) electrons. The lowest BCUT2D eigenvalue weighted by molar-refractivity contribution is 1.06. The van der Waals surface area contributed by atoms with Crippen LogP contribution < -0.4 is 10.6 Å². The summed E-state index contributed by atoms with van der Waals surface area (Å²) in [6.45, 7) is 1.78. The van der Waals surface area contributed by atoms with E-state index in [4.69, 9.17) is 5.26 Å². The van der Waals surface area contributed by atoms with Crippen LogP contribution in [0.4, 0.5) is 17.3 Å². The van der Waals surface area contributed by atoms with Crippen LogP contribution in [0.1, 0.15) is 5.82 Å². The van der Waals surface area contributed by atoms with Crippen molar-refractivity contribution in [2.24, 2.45) is 0 Å². The molecule has 0 fully saturated rings. The minimum atomic E-state index is 0.474. The molecule has 2 heterocycles. The molecule has 2 aromatic heterocycles. The SMILES string of the molecule is Cc1nc(NC#N)cc(Nc2c[nH]c3ccccc23)n1. The number of hydrogen-bond donors (Lipinski definition) is 3. The number of nitriles is 1. The Labute approximate surface area is 115 Å². The summed E-state index contributed by atoms with van der Waals surface area (Å²) in [5, 5.41) is 15.5. The van der Waals surface area contributed by atoms with Gasteiger partial charge >= 0.3 is 0 Å². The number of H-pyrrole nitrogens is 1. The zero-order chi connectivity index (χ0) is 13.9. The molecule has 0 saturated heterocycles. The van der Waals surface area contributed by atoms with Gasteiger partial charge in [-0.3, -0.25) is 5.32 Å². The van der Waals surface area contributed by atoms with E-state index in [1.807, 2.05) is 36.7 Å². The number of hydrogen-bond acceptors (Lipinski definition) is 5. The number of aromatic amines is 1. The Morgan fingerprint density at radius 1 is 1.20 bits per heavy atom. The van der Waals surface area contributed by atoms with E-state index >= 15 is 0 Å². The molecule has 0 unspecified atom stereocenters. The summed E-state index contributed by atoms with van der Waals surface area (Å²) < 4.78 is 0. The van der Waals surface area contributed by atoms with Gasteiger partial charge in [0.2, 0.25) is 0 Å². The average molecular weight is 264 g/mol. The van der Waals surface area contributed by atoms with E-state index in [1.54, 1.807) is 13.0 Å². The lowest BCUT2D eigenvalue weighted by atomic mass is 10.2. The molecular weight excluding hydrogens is 252 g/mol. The van der Waals surface area contributed by atoms with Crippen LogP contribution in [-0.4, -0.2) is 15.0 Å². The van der Waals surface area contributed by atoms with E-state index in [0.29, 0.717) is 17.5 Å². The first kappa shape index (κ1) is 12.0. The van der Waals surface area contributed by atoms with Gasteiger partial charge in [-0.25, -0.2) is 9.97 Å². The van der Waals surface area contributed by atoms with Gasteiger partial charge in [-0.15, -0.1) is 0 Å². The summed E-state index contributed by atoms with van der Waals surface area (Å²) in [5.74, 6) is 1.70. The first-order valence-electron chi connectivity index (χ1n) is 6.10. The van der Waals surface area contributed by atoms with Gasteiger partial charge in [0.25, 0.3) is 0 Å². The third kappa shape index (κ3) is 2.24. The lowest BCUT2D eigenvalue weighted by Gasteiger charge is -2.06. The largest absolute Gasteiger partial charge is 0.359 e. The van der Waals surface area contributed by atoms with E-state index in [9.17, 15) is 0 Å². The van der Waals surface area contributed by atoms with Crippen molar-refractivity contribution >= 4 is 28.2 Å². The maximum atomic E-state index is 8.65. The van der Waals surface area contributed by atoms with Gasteiger partial charge in [0, 0.05) is 23.2 Å². The molecule has 98 valence electrons. The highest BCUT2D eigenvalue weighted by molar-refractivity contribution is 5.93. The second-order valence-electron chi connectivity index (χ2n) is 4.30. The van der Waals surface area contributed by atoms with Gasteiger partial charge < -0.3 is 10.3 Å². The van der Waals surface area contributed by atoms with E-state index in [-0.39, 0.29) is 0 Å². The van der Waals surface area contributed by atoms with Crippen molar-refractivity contribution in [1.82, 2.24) is 15.0 Å². The normalized spacial score (nSPS) is 10.2. The molecule has 3 rings (SSSR count). The van der Waals surface area contributed by atoms with Crippen LogP contribution in [0.2, 0.25) is 0 Å². The molecule has 0 aliphatic heterocycles. The quantitative estimate of drug-likeness (QED) is 0.500. The van der Waals surface area contributed by atoms with Crippen LogP contribution in [0.15, 0.2) is 36.5 Å². The molecule has 0 aliphatic carbocycles. The van der Waals surface area contributed by atoms with E-state index < -0.39 is 0 Å². The number of benzene rings is 1. The fourth-order valence-electron chi connectivity index (χ4n) is 2.07. The number of rotatable bonds is 3. The van der Waals surface area contributed by atoms with Crippen molar-refractivity contribution in [2.75, 3.05) is 10.6 Å². The summed E-state index contributed by atoms with van der Waals surface area (Å²) in [4.78, 5) is 11.6. The molecular formula is C14H12N6. The molecule has 1 aromatic carbocycles. The number of anilines is 3. The smallest absolute Gasteiger partial charge is 0.182 e. The van der Waals surface area contributed by atoms with Gasteiger partial charge in [-0.1, -0.05) is 18.2 Å². The lowest BCUT2D eigenvalue weighted by Crippen LogP contribution is -2.00. The first-order valence-corrected chi connectivity index (χ1v) is 6.10. The molecule has 6 nitrogen and oxygen atoms in total. The highest BCUT2D eigenvalue weighted by atomic mass is 15.1.